The molecule has 0 radical (unpaired) electrons. The van der Waals surface area contributed by atoms with Gasteiger partial charge in [-0.3, -0.25) is 4.21 Å². The Balaban J connectivity index is 2.22. The lowest BCUT2D eigenvalue weighted by atomic mass is 10.2. The molecule has 106 valence electrons. The maximum absolute atomic E-state index is 11.1. The Morgan fingerprint density at radius 1 is 1.15 bits per heavy atom. The molecule has 0 aliphatic rings. The van der Waals surface area contributed by atoms with E-state index in [9.17, 15) is 4.21 Å². The van der Waals surface area contributed by atoms with Crippen molar-refractivity contribution in [1.82, 2.24) is 9.97 Å². The van der Waals surface area contributed by atoms with E-state index in [1.165, 1.54) is 0 Å². The van der Waals surface area contributed by atoms with Crippen LogP contribution in [-0.4, -0.2) is 39.8 Å². The highest BCUT2D eigenvalue weighted by Gasteiger charge is 2.06. The summed E-state index contributed by atoms with van der Waals surface area (Å²) in [5.74, 6) is 2.74. The summed E-state index contributed by atoms with van der Waals surface area (Å²) in [5, 5.41) is 6.20. The van der Waals surface area contributed by atoms with Gasteiger partial charge in [-0.25, -0.2) is 9.97 Å². The summed E-state index contributed by atoms with van der Waals surface area (Å²) in [6, 6.07) is 11.7. The predicted octanol–water partition coefficient (Wildman–Crippen LogP) is 1.98. The highest BCUT2D eigenvalue weighted by atomic mass is 32.2. The van der Waals surface area contributed by atoms with Gasteiger partial charge in [-0.05, 0) is 0 Å². The molecule has 1 atom stereocenters. The molecule has 1 heterocycles. The molecule has 2 N–H and O–H groups in total. The zero-order valence-electron chi connectivity index (χ0n) is 11.6. The number of anilines is 2. The molecule has 1 aromatic heterocycles. The quantitative estimate of drug-likeness (QED) is 0.851. The number of hydrogen-bond donors (Lipinski definition) is 2. The van der Waals surface area contributed by atoms with E-state index in [1.54, 1.807) is 6.26 Å². The Bertz CT molecular complexity index is 589. The molecule has 5 nitrogen and oxygen atoms in total. The molecule has 20 heavy (non-hydrogen) atoms. The molecule has 2 aromatic rings. The Kier molecular flexibility index (Phi) is 5.06. The molecule has 1 aromatic carbocycles. The first-order chi connectivity index (χ1) is 9.69. The van der Waals surface area contributed by atoms with E-state index >= 15 is 0 Å². The summed E-state index contributed by atoms with van der Waals surface area (Å²) in [6.45, 7) is 0.623. The fourth-order valence-corrected chi connectivity index (χ4v) is 2.09. The van der Waals surface area contributed by atoms with Gasteiger partial charge in [-0.2, -0.15) is 0 Å². The Morgan fingerprint density at radius 3 is 2.50 bits per heavy atom. The predicted molar refractivity (Wildman–Crippen MR) is 84.4 cm³/mol. The van der Waals surface area contributed by atoms with Gasteiger partial charge in [0.25, 0.3) is 0 Å². The van der Waals surface area contributed by atoms with E-state index in [2.05, 4.69) is 20.6 Å². The first-order valence-corrected chi connectivity index (χ1v) is 8.08. The van der Waals surface area contributed by atoms with Gasteiger partial charge in [0, 0.05) is 48.0 Å². The molecule has 0 amide bonds. The van der Waals surface area contributed by atoms with Gasteiger partial charge >= 0.3 is 0 Å². The SMILES string of the molecule is CNc1cc(NCCS(C)=O)nc(-c2ccccc2)n1. The van der Waals surface area contributed by atoms with Crippen LogP contribution in [0.4, 0.5) is 11.6 Å². The topological polar surface area (TPSA) is 66.9 Å². The number of aromatic nitrogens is 2. The smallest absolute Gasteiger partial charge is 0.163 e. The second-order valence-electron chi connectivity index (χ2n) is 4.28. The zero-order valence-corrected chi connectivity index (χ0v) is 12.4. The lowest BCUT2D eigenvalue weighted by Gasteiger charge is -2.09. The maximum Gasteiger partial charge on any atom is 0.163 e. The molecule has 0 spiro atoms. The average Bonchev–Trinajstić information content (AvgIpc) is 2.47. The third-order valence-corrected chi connectivity index (χ3v) is 3.49. The summed E-state index contributed by atoms with van der Waals surface area (Å²) in [7, 11) is 1.01. The number of rotatable bonds is 6. The van der Waals surface area contributed by atoms with Gasteiger partial charge in [0.15, 0.2) is 5.82 Å². The number of hydrogen-bond acceptors (Lipinski definition) is 5. The largest absolute Gasteiger partial charge is 0.373 e. The molecule has 0 fully saturated rings. The molecule has 0 bridgehead atoms. The normalized spacial score (nSPS) is 11.9. The number of nitrogens with one attached hydrogen (secondary N) is 2. The molecular formula is C14H18N4OS. The molecule has 2 rings (SSSR count). The molecule has 0 saturated heterocycles. The van der Waals surface area contributed by atoms with Crippen LogP contribution in [0.15, 0.2) is 36.4 Å². The first kappa shape index (κ1) is 14.5. The lowest BCUT2D eigenvalue weighted by molar-refractivity contribution is 0.687. The van der Waals surface area contributed by atoms with E-state index in [4.69, 9.17) is 0 Å². The fraction of sp³-hybridized carbons (Fsp3) is 0.286. The lowest BCUT2D eigenvalue weighted by Crippen LogP contribution is -2.11. The molecule has 0 aliphatic carbocycles. The first-order valence-electron chi connectivity index (χ1n) is 6.35. The van der Waals surface area contributed by atoms with Gasteiger partial charge in [-0.15, -0.1) is 0 Å². The van der Waals surface area contributed by atoms with Crippen LogP contribution in [0.3, 0.4) is 0 Å². The average molecular weight is 290 g/mol. The molecule has 1 unspecified atom stereocenters. The highest BCUT2D eigenvalue weighted by Crippen LogP contribution is 2.19. The van der Waals surface area contributed by atoms with Crippen molar-refractivity contribution in [3.8, 4) is 11.4 Å². The van der Waals surface area contributed by atoms with Crippen molar-refractivity contribution in [3.63, 3.8) is 0 Å². The van der Waals surface area contributed by atoms with Crippen molar-refractivity contribution < 1.29 is 4.21 Å². The van der Waals surface area contributed by atoms with Gasteiger partial charge in [0.05, 0.1) is 0 Å². The van der Waals surface area contributed by atoms with Gasteiger partial charge in [-0.1, -0.05) is 30.3 Å². The summed E-state index contributed by atoms with van der Waals surface area (Å²) in [5.41, 5.74) is 0.965. The summed E-state index contributed by atoms with van der Waals surface area (Å²) >= 11 is 0. The van der Waals surface area contributed by atoms with Crippen LogP contribution in [0, 0.1) is 0 Å². The molecule has 0 aliphatic heterocycles. The monoisotopic (exact) mass is 290 g/mol. The van der Waals surface area contributed by atoms with Gasteiger partial charge < -0.3 is 10.6 Å². The van der Waals surface area contributed by atoms with Gasteiger partial charge in [0.2, 0.25) is 0 Å². The molecule has 0 saturated carbocycles. The third kappa shape index (κ3) is 4.03. The van der Waals surface area contributed by atoms with Crippen LogP contribution < -0.4 is 10.6 Å². The summed E-state index contributed by atoms with van der Waals surface area (Å²) < 4.78 is 11.1. The van der Waals surface area contributed by atoms with Crippen molar-refractivity contribution in [2.24, 2.45) is 0 Å². The number of nitrogens with zero attached hydrogens (tertiary/aromatic N) is 2. The Morgan fingerprint density at radius 2 is 1.85 bits per heavy atom. The van der Waals surface area contributed by atoms with E-state index < -0.39 is 10.8 Å². The van der Waals surface area contributed by atoms with E-state index in [1.807, 2.05) is 43.4 Å². The van der Waals surface area contributed by atoms with Crippen molar-refractivity contribution in [2.45, 2.75) is 0 Å². The van der Waals surface area contributed by atoms with Gasteiger partial charge in [0.1, 0.15) is 11.6 Å². The Hall–Kier alpha value is -1.95. The zero-order chi connectivity index (χ0) is 14.4. The molecule has 6 heteroatoms. The minimum absolute atomic E-state index is 0.597. The van der Waals surface area contributed by atoms with Crippen LogP contribution in [-0.2, 0) is 10.8 Å². The minimum atomic E-state index is -0.809. The Labute approximate surface area is 121 Å². The highest BCUT2D eigenvalue weighted by molar-refractivity contribution is 7.84. The van der Waals surface area contributed by atoms with Crippen LogP contribution in [0.2, 0.25) is 0 Å². The second kappa shape index (κ2) is 7.00. The van der Waals surface area contributed by atoms with E-state index in [-0.39, 0.29) is 0 Å². The van der Waals surface area contributed by atoms with Crippen molar-refractivity contribution in [1.29, 1.82) is 0 Å². The van der Waals surface area contributed by atoms with Crippen LogP contribution in [0.5, 0.6) is 0 Å². The van der Waals surface area contributed by atoms with Crippen molar-refractivity contribution >= 4 is 22.4 Å². The van der Waals surface area contributed by atoms with Crippen LogP contribution >= 0.6 is 0 Å². The van der Waals surface area contributed by atoms with E-state index in [0.717, 1.165) is 17.2 Å². The third-order valence-electron chi connectivity index (χ3n) is 2.71. The van der Waals surface area contributed by atoms with Crippen molar-refractivity contribution in [3.05, 3.63) is 36.4 Å². The maximum atomic E-state index is 11.1. The van der Waals surface area contributed by atoms with Crippen molar-refractivity contribution in [2.75, 3.05) is 36.2 Å². The van der Waals surface area contributed by atoms with Crippen LogP contribution in [0.1, 0.15) is 0 Å². The van der Waals surface area contributed by atoms with E-state index in [0.29, 0.717) is 18.1 Å². The second-order valence-corrected chi connectivity index (χ2v) is 5.84. The fourth-order valence-electron chi connectivity index (χ4n) is 1.71. The van der Waals surface area contributed by atoms with Crippen LogP contribution in [0.25, 0.3) is 11.4 Å². The minimum Gasteiger partial charge on any atom is -0.373 e. The summed E-state index contributed by atoms with van der Waals surface area (Å²) in [4.78, 5) is 8.93. The summed E-state index contributed by atoms with van der Waals surface area (Å²) in [6.07, 6.45) is 1.69. The number of benzene rings is 1. The standard InChI is InChI=1S/C14H18N4OS/c1-15-12-10-13(16-8-9-20(2)19)18-14(17-12)11-6-4-3-5-7-11/h3-7,10H,8-9H2,1-2H3,(H2,15,16,17,18). The molecular weight excluding hydrogens is 272 g/mol.